The van der Waals surface area contributed by atoms with Gasteiger partial charge in [0.1, 0.15) is 0 Å². The van der Waals surface area contributed by atoms with E-state index in [9.17, 15) is 14.4 Å². The summed E-state index contributed by atoms with van der Waals surface area (Å²) in [4.78, 5) is 39.0. The lowest BCUT2D eigenvalue weighted by Gasteiger charge is -2.10. The maximum atomic E-state index is 11.9. The van der Waals surface area contributed by atoms with Crippen molar-refractivity contribution in [1.82, 2.24) is 10.1 Å². The van der Waals surface area contributed by atoms with Gasteiger partial charge in [0.15, 0.2) is 12.4 Å². The maximum absolute atomic E-state index is 11.9. The third kappa shape index (κ3) is 7.73. The molecule has 0 fully saturated rings. The van der Waals surface area contributed by atoms with Crippen LogP contribution >= 0.6 is 0 Å². The fourth-order valence-electron chi connectivity index (χ4n) is 2.30. The van der Waals surface area contributed by atoms with Gasteiger partial charge >= 0.3 is 5.97 Å². The average Bonchev–Trinajstić information content (AvgIpc) is 3.11. The van der Waals surface area contributed by atoms with Gasteiger partial charge in [0, 0.05) is 36.6 Å². The fourth-order valence-corrected chi connectivity index (χ4v) is 2.30. The number of benzene rings is 1. The predicted octanol–water partition coefficient (Wildman–Crippen LogP) is 2.83. The van der Waals surface area contributed by atoms with Crippen LogP contribution in [0.4, 0.5) is 11.4 Å². The van der Waals surface area contributed by atoms with E-state index in [1.807, 2.05) is 20.8 Å². The van der Waals surface area contributed by atoms with E-state index in [0.717, 1.165) is 0 Å². The molecule has 0 saturated carbocycles. The van der Waals surface area contributed by atoms with Crippen LogP contribution in [-0.4, -0.2) is 34.5 Å². The molecule has 0 unspecified atom stereocenters. The molecule has 1 aromatic heterocycles. The zero-order chi connectivity index (χ0) is 21.4. The van der Waals surface area contributed by atoms with Gasteiger partial charge in [-0.15, -0.1) is 0 Å². The second-order valence-electron chi connectivity index (χ2n) is 7.58. The number of carbonyl (C=O) groups excluding carboxylic acids is 3. The highest BCUT2D eigenvalue weighted by Gasteiger charge is 2.20. The first-order valence-corrected chi connectivity index (χ1v) is 9.29. The molecule has 0 bridgehead atoms. The van der Waals surface area contributed by atoms with Crippen molar-refractivity contribution in [2.75, 3.05) is 17.2 Å². The lowest BCUT2D eigenvalue weighted by atomic mass is 9.96. The van der Waals surface area contributed by atoms with Crippen LogP contribution in [0.25, 0.3) is 0 Å². The molecule has 1 aromatic carbocycles. The van der Waals surface area contributed by atoms with Crippen molar-refractivity contribution in [1.29, 1.82) is 0 Å². The molecule has 0 aliphatic carbocycles. The van der Waals surface area contributed by atoms with Gasteiger partial charge in [0.2, 0.25) is 11.8 Å². The summed E-state index contributed by atoms with van der Waals surface area (Å²) in [7, 11) is 0. The number of anilines is 2. The van der Waals surface area contributed by atoms with Gasteiger partial charge in [-0.05, 0) is 30.7 Å². The zero-order valence-corrected chi connectivity index (χ0v) is 17.1. The SMILES string of the molecule is CC(=O)Nc1ccc(NC(=O)COC(=O)CCCc2nc(C(C)(C)C)no2)cc1. The Bertz CT molecular complexity index is 853. The first-order valence-electron chi connectivity index (χ1n) is 9.29. The van der Waals surface area contributed by atoms with Crippen molar-refractivity contribution in [3.8, 4) is 0 Å². The minimum Gasteiger partial charge on any atom is -0.456 e. The molecule has 0 atom stereocenters. The van der Waals surface area contributed by atoms with Gasteiger partial charge in [0.05, 0.1) is 0 Å². The summed E-state index contributed by atoms with van der Waals surface area (Å²) >= 11 is 0. The van der Waals surface area contributed by atoms with Gasteiger partial charge in [-0.25, -0.2) is 0 Å². The summed E-state index contributed by atoms with van der Waals surface area (Å²) in [5.74, 6) is -0.00321. The van der Waals surface area contributed by atoms with Crippen LogP contribution in [0.5, 0.6) is 0 Å². The van der Waals surface area contributed by atoms with E-state index in [1.54, 1.807) is 24.3 Å². The molecular formula is C20H26N4O5. The summed E-state index contributed by atoms with van der Waals surface area (Å²) in [5, 5.41) is 9.17. The zero-order valence-electron chi connectivity index (χ0n) is 17.1. The quantitative estimate of drug-likeness (QED) is 0.651. The number of amides is 2. The topological polar surface area (TPSA) is 123 Å². The molecule has 0 radical (unpaired) electrons. The number of carbonyl (C=O) groups is 3. The Balaban J connectivity index is 1.67. The average molecular weight is 402 g/mol. The summed E-state index contributed by atoms with van der Waals surface area (Å²) in [5.41, 5.74) is 0.960. The standard InChI is InChI=1S/C20H26N4O5/c1-13(25)21-14-8-10-15(11-9-14)22-16(26)12-28-18(27)7-5-6-17-23-19(24-29-17)20(2,3)4/h8-11H,5-7,12H2,1-4H3,(H,21,25)(H,22,26). The van der Waals surface area contributed by atoms with Crippen LogP contribution in [0, 0.1) is 0 Å². The molecule has 0 saturated heterocycles. The van der Waals surface area contributed by atoms with Crippen molar-refractivity contribution >= 4 is 29.2 Å². The fraction of sp³-hybridized carbons (Fsp3) is 0.450. The van der Waals surface area contributed by atoms with E-state index < -0.39 is 11.9 Å². The summed E-state index contributed by atoms with van der Waals surface area (Å²) in [6.45, 7) is 7.00. The van der Waals surface area contributed by atoms with E-state index in [2.05, 4.69) is 20.8 Å². The molecule has 0 spiro atoms. The molecule has 156 valence electrons. The number of esters is 1. The Labute approximate surface area is 169 Å². The molecule has 9 heteroatoms. The smallest absolute Gasteiger partial charge is 0.306 e. The van der Waals surface area contributed by atoms with E-state index >= 15 is 0 Å². The highest BCUT2D eigenvalue weighted by molar-refractivity contribution is 5.93. The highest BCUT2D eigenvalue weighted by atomic mass is 16.5. The number of aryl methyl sites for hydroxylation is 1. The first kappa shape index (κ1) is 22.1. The number of nitrogens with one attached hydrogen (secondary N) is 2. The van der Waals surface area contributed by atoms with Gasteiger partial charge in [-0.2, -0.15) is 4.98 Å². The van der Waals surface area contributed by atoms with Crippen molar-refractivity contribution in [2.24, 2.45) is 0 Å². The molecule has 9 nitrogen and oxygen atoms in total. The number of nitrogens with zero attached hydrogens (tertiary/aromatic N) is 2. The maximum Gasteiger partial charge on any atom is 0.306 e. The van der Waals surface area contributed by atoms with Gasteiger partial charge < -0.3 is 19.9 Å². The highest BCUT2D eigenvalue weighted by Crippen LogP contribution is 2.19. The summed E-state index contributed by atoms with van der Waals surface area (Å²) < 4.78 is 10.1. The molecule has 29 heavy (non-hydrogen) atoms. The van der Waals surface area contributed by atoms with Gasteiger partial charge in [-0.3, -0.25) is 14.4 Å². The van der Waals surface area contributed by atoms with Crippen LogP contribution in [0.15, 0.2) is 28.8 Å². The van der Waals surface area contributed by atoms with Gasteiger partial charge in [-0.1, -0.05) is 25.9 Å². The first-order chi connectivity index (χ1) is 13.6. The third-order valence-corrected chi connectivity index (χ3v) is 3.76. The number of hydrogen-bond acceptors (Lipinski definition) is 7. The van der Waals surface area contributed by atoms with E-state index in [0.29, 0.717) is 35.9 Å². The molecule has 2 N–H and O–H groups in total. The Morgan fingerprint density at radius 3 is 2.24 bits per heavy atom. The molecule has 0 aliphatic heterocycles. The van der Waals surface area contributed by atoms with Crippen LogP contribution in [0.2, 0.25) is 0 Å². The third-order valence-electron chi connectivity index (χ3n) is 3.76. The van der Waals surface area contributed by atoms with Crippen LogP contribution in [0.3, 0.4) is 0 Å². The Morgan fingerprint density at radius 1 is 1.07 bits per heavy atom. The van der Waals surface area contributed by atoms with Crippen molar-refractivity contribution < 1.29 is 23.6 Å². The minimum absolute atomic E-state index is 0.145. The number of hydrogen-bond donors (Lipinski definition) is 2. The van der Waals surface area contributed by atoms with Crippen molar-refractivity contribution in [3.05, 3.63) is 36.0 Å². The Hall–Kier alpha value is -3.23. The molecule has 2 amide bonds. The van der Waals surface area contributed by atoms with E-state index in [1.165, 1.54) is 6.92 Å². The van der Waals surface area contributed by atoms with E-state index in [-0.39, 0.29) is 24.3 Å². The minimum atomic E-state index is -0.475. The molecular weight excluding hydrogens is 376 g/mol. The summed E-state index contributed by atoms with van der Waals surface area (Å²) in [6, 6.07) is 6.60. The lowest BCUT2D eigenvalue weighted by Crippen LogP contribution is -2.20. The van der Waals surface area contributed by atoms with Crippen LogP contribution in [-0.2, 0) is 31.0 Å². The summed E-state index contributed by atoms with van der Waals surface area (Å²) in [6.07, 6.45) is 1.09. The van der Waals surface area contributed by atoms with Crippen LogP contribution < -0.4 is 10.6 Å². The normalized spacial score (nSPS) is 11.0. The number of aromatic nitrogens is 2. The van der Waals surface area contributed by atoms with Crippen LogP contribution in [0.1, 0.15) is 52.3 Å². The molecule has 2 rings (SSSR count). The Kier molecular flexibility index (Phi) is 7.46. The van der Waals surface area contributed by atoms with E-state index in [4.69, 9.17) is 9.26 Å². The van der Waals surface area contributed by atoms with Gasteiger partial charge in [0.25, 0.3) is 5.91 Å². The Morgan fingerprint density at radius 2 is 1.69 bits per heavy atom. The number of ether oxygens (including phenoxy) is 1. The molecule has 0 aliphatic rings. The molecule has 2 aromatic rings. The van der Waals surface area contributed by atoms with Crippen molar-refractivity contribution in [2.45, 2.75) is 52.4 Å². The lowest BCUT2D eigenvalue weighted by molar-refractivity contribution is -0.147. The second-order valence-corrected chi connectivity index (χ2v) is 7.58. The molecule has 1 heterocycles. The number of rotatable bonds is 8. The largest absolute Gasteiger partial charge is 0.456 e. The second kappa shape index (κ2) is 9.81. The van der Waals surface area contributed by atoms with Crippen molar-refractivity contribution in [3.63, 3.8) is 0 Å². The predicted molar refractivity (Wildman–Crippen MR) is 106 cm³/mol. The monoisotopic (exact) mass is 402 g/mol.